The number of carbonyl (C=O) groups is 1. The third-order valence-corrected chi connectivity index (χ3v) is 7.10. The topological polar surface area (TPSA) is 94.9 Å². The maximum atomic E-state index is 12.8. The van der Waals surface area contributed by atoms with Gasteiger partial charge in [-0.05, 0) is 44.4 Å². The van der Waals surface area contributed by atoms with E-state index >= 15 is 0 Å². The van der Waals surface area contributed by atoms with Gasteiger partial charge in [-0.3, -0.25) is 14.5 Å². The number of benzene rings is 1. The highest BCUT2D eigenvalue weighted by atomic mass is 35.5. The summed E-state index contributed by atoms with van der Waals surface area (Å²) >= 11 is 6.09. The highest BCUT2D eigenvalue weighted by Gasteiger charge is 2.49. The van der Waals surface area contributed by atoms with Gasteiger partial charge in [-0.15, -0.1) is 0 Å². The van der Waals surface area contributed by atoms with E-state index in [2.05, 4.69) is 4.18 Å². The largest absolute Gasteiger partial charge is 0.534 e. The van der Waals surface area contributed by atoms with Crippen molar-refractivity contribution in [3.8, 4) is 17.0 Å². The Morgan fingerprint density at radius 1 is 1.24 bits per heavy atom. The summed E-state index contributed by atoms with van der Waals surface area (Å²) in [4.78, 5) is 24.7. The molecule has 4 rings (SSSR count). The van der Waals surface area contributed by atoms with E-state index < -0.39 is 44.4 Å². The number of methoxy groups -OCH3 is 1. The van der Waals surface area contributed by atoms with E-state index in [9.17, 15) is 31.2 Å². The summed E-state index contributed by atoms with van der Waals surface area (Å²) in [6.45, 7) is 3.86. The fraction of sp³-hybridized carbons (Fsp3) is 0.400. The number of pyridine rings is 1. The monoisotopic (exact) mass is 506 g/mol. The minimum absolute atomic E-state index is 0.187. The number of carbonyl (C=O) groups excluding carboxylic acids is 1. The van der Waals surface area contributed by atoms with Crippen LogP contribution in [0.5, 0.6) is 5.75 Å². The van der Waals surface area contributed by atoms with E-state index in [1.807, 2.05) is 18.9 Å². The fourth-order valence-corrected chi connectivity index (χ4v) is 5.06. The van der Waals surface area contributed by atoms with E-state index in [4.69, 9.17) is 16.3 Å². The van der Waals surface area contributed by atoms with Crippen molar-refractivity contribution >= 4 is 27.7 Å². The molecule has 0 spiro atoms. The van der Waals surface area contributed by atoms with Crippen molar-refractivity contribution in [1.82, 2.24) is 4.68 Å². The molecular formula is C20H18ClF3N2O6S. The molecule has 3 heterocycles. The van der Waals surface area contributed by atoms with Crippen molar-refractivity contribution in [2.24, 2.45) is 0 Å². The maximum absolute atomic E-state index is 12.8. The van der Waals surface area contributed by atoms with Crippen LogP contribution in [0.2, 0.25) is 5.02 Å². The minimum Gasteiger partial charge on any atom is -0.465 e. The van der Waals surface area contributed by atoms with Gasteiger partial charge in [-0.2, -0.15) is 21.6 Å². The van der Waals surface area contributed by atoms with Crippen molar-refractivity contribution in [2.75, 3.05) is 12.1 Å². The van der Waals surface area contributed by atoms with E-state index in [1.54, 1.807) is 4.68 Å². The Balaban J connectivity index is 1.96. The van der Waals surface area contributed by atoms with Gasteiger partial charge in [0.1, 0.15) is 5.56 Å². The van der Waals surface area contributed by atoms with Gasteiger partial charge in [-0.1, -0.05) is 11.6 Å². The first-order chi connectivity index (χ1) is 15.2. The van der Waals surface area contributed by atoms with Gasteiger partial charge < -0.3 is 8.92 Å². The van der Waals surface area contributed by atoms with E-state index in [1.165, 1.54) is 18.3 Å². The average molecular weight is 507 g/mol. The molecule has 2 aromatic rings. The van der Waals surface area contributed by atoms with Gasteiger partial charge in [-0.25, -0.2) is 4.79 Å². The third kappa shape index (κ3) is 3.65. The number of halogens is 4. The highest BCUT2D eigenvalue weighted by molar-refractivity contribution is 7.88. The number of esters is 1. The number of nitrogens with zero attached hydrogens (tertiary/aromatic N) is 2. The number of fused-ring (bicyclic) bond motifs is 6. The lowest BCUT2D eigenvalue weighted by Gasteiger charge is -2.44. The molecular weight excluding hydrogens is 489 g/mol. The van der Waals surface area contributed by atoms with Gasteiger partial charge in [0.05, 0.1) is 29.4 Å². The summed E-state index contributed by atoms with van der Waals surface area (Å²) < 4.78 is 72.2. The summed E-state index contributed by atoms with van der Waals surface area (Å²) in [7, 11) is -4.78. The lowest BCUT2D eigenvalue weighted by atomic mass is 9.94. The lowest BCUT2D eigenvalue weighted by molar-refractivity contribution is -0.0500. The van der Waals surface area contributed by atoms with Crippen LogP contribution in [0.25, 0.3) is 11.3 Å². The van der Waals surface area contributed by atoms with Crippen LogP contribution in [-0.2, 0) is 14.9 Å². The molecule has 13 heteroatoms. The van der Waals surface area contributed by atoms with Crippen LogP contribution < -0.4 is 14.6 Å². The first-order valence-electron chi connectivity index (χ1n) is 9.67. The normalized spacial score (nSPS) is 18.9. The van der Waals surface area contributed by atoms with Crippen molar-refractivity contribution in [3.63, 3.8) is 0 Å². The second kappa shape index (κ2) is 7.39. The van der Waals surface area contributed by atoms with Crippen LogP contribution in [0.15, 0.2) is 29.2 Å². The number of alkyl halides is 3. The van der Waals surface area contributed by atoms with Crippen LogP contribution in [0, 0.1) is 0 Å². The molecule has 0 unspecified atom stereocenters. The van der Waals surface area contributed by atoms with Gasteiger partial charge >= 0.3 is 21.6 Å². The van der Waals surface area contributed by atoms with Crippen LogP contribution in [0.1, 0.15) is 48.7 Å². The molecule has 0 N–H and O–H groups in total. The Bertz CT molecular complexity index is 1340. The van der Waals surface area contributed by atoms with Crippen LogP contribution in [-0.4, -0.2) is 37.2 Å². The zero-order chi connectivity index (χ0) is 24.5. The van der Waals surface area contributed by atoms with Gasteiger partial charge in [0, 0.05) is 17.8 Å². The molecule has 1 aromatic carbocycles. The van der Waals surface area contributed by atoms with Gasteiger partial charge in [0.25, 0.3) is 0 Å². The molecule has 178 valence electrons. The Morgan fingerprint density at radius 3 is 2.52 bits per heavy atom. The van der Waals surface area contributed by atoms with Crippen LogP contribution in [0.4, 0.5) is 13.2 Å². The second-order valence-corrected chi connectivity index (χ2v) is 10.3. The molecule has 1 saturated heterocycles. The number of hydrogen-bond acceptors (Lipinski definition) is 7. The molecule has 1 fully saturated rings. The zero-order valence-electron chi connectivity index (χ0n) is 17.6. The number of hydrogen-bond donors (Lipinski definition) is 0. The number of ether oxygens (including phenoxy) is 1. The quantitative estimate of drug-likeness (QED) is 0.355. The predicted molar refractivity (Wildman–Crippen MR) is 112 cm³/mol. The molecule has 1 aromatic heterocycles. The summed E-state index contributed by atoms with van der Waals surface area (Å²) in [5.41, 5.74) is -5.72. The van der Waals surface area contributed by atoms with E-state index in [0.29, 0.717) is 29.7 Å². The highest BCUT2D eigenvalue weighted by Crippen LogP contribution is 2.50. The smallest absolute Gasteiger partial charge is 0.465 e. The predicted octanol–water partition coefficient (Wildman–Crippen LogP) is 3.75. The molecule has 0 bridgehead atoms. The molecule has 0 saturated carbocycles. The van der Waals surface area contributed by atoms with Gasteiger partial charge in [0.2, 0.25) is 0 Å². The number of aromatic nitrogens is 1. The fourth-order valence-electron chi connectivity index (χ4n) is 4.34. The summed E-state index contributed by atoms with van der Waals surface area (Å²) in [6, 6.07) is 3.20. The summed E-state index contributed by atoms with van der Waals surface area (Å²) in [6.07, 6.45) is 2.58. The molecule has 0 amide bonds. The lowest BCUT2D eigenvalue weighted by Crippen LogP contribution is -2.50. The molecule has 2 aliphatic rings. The van der Waals surface area contributed by atoms with Crippen molar-refractivity contribution in [1.29, 1.82) is 0 Å². The number of rotatable bonds is 3. The molecule has 33 heavy (non-hydrogen) atoms. The standard InChI is InChI=1S/C20H18ClF3N2O6S/c1-19(2)5-4-14-11-7-17(32-33(29,30)20(22,23)24)13(21)6-10(11)15-8-16(27)12(18(28)31-3)9-25(15)26(14)19/h6-9,14H,4-5H2,1-3H3/t14-/m1/s1. The van der Waals surface area contributed by atoms with E-state index in [0.717, 1.165) is 13.2 Å². The zero-order valence-corrected chi connectivity index (χ0v) is 19.1. The van der Waals surface area contributed by atoms with Crippen molar-refractivity contribution in [2.45, 2.75) is 43.8 Å². The molecule has 8 nitrogen and oxygen atoms in total. The van der Waals surface area contributed by atoms with Crippen LogP contribution in [0.3, 0.4) is 0 Å². The second-order valence-electron chi connectivity index (χ2n) is 8.34. The van der Waals surface area contributed by atoms with E-state index in [-0.39, 0.29) is 10.6 Å². The average Bonchev–Trinajstić information content (AvgIpc) is 3.02. The Kier molecular flexibility index (Phi) is 5.25. The SMILES string of the molecule is COC(=O)c1cn2c(cc1=O)-c1cc(Cl)c(OS(=O)(=O)C(F)(F)F)cc1[C@H]1CCC(C)(C)N12. The summed E-state index contributed by atoms with van der Waals surface area (Å²) in [5, 5.41) is 1.50. The van der Waals surface area contributed by atoms with Crippen molar-refractivity contribution in [3.05, 3.63) is 50.8 Å². The Hall–Kier alpha value is -2.73. The maximum Gasteiger partial charge on any atom is 0.534 e. The molecule has 0 radical (unpaired) electrons. The first-order valence-corrected chi connectivity index (χ1v) is 11.5. The molecule has 1 atom stereocenters. The Morgan fingerprint density at radius 2 is 1.91 bits per heavy atom. The Labute approximate surface area is 191 Å². The van der Waals surface area contributed by atoms with Crippen molar-refractivity contribution < 1.29 is 35.3 Å². The molecule has 0 aliphatic carbocycles. The van der Waals surface area contributed by atoms with Gasteiger partial charge in [0.15, 0.2) is 11.2 Å². The first kappa shape index (κ1) is 23.4. The minimum atomic E-state index is -5.93. The van der Waals surface area contributed by atoms with Crippen LogP contribution >= 0.6 is 11.6 Å². The third-order valence-electron chi connectivity index (χ3n) is 5.84. The molecule has 2 aliphatic heterocycles. The summed E-state index contributed by atoms with van der Waals surface area (Å²) in [5.74, 6) is -1.48.